The minimum atomic E-state index is -0.0888. The summed E-state index contributed by atoms with van der Waals surface area (Å²) in [5, 5.41) is 2.91. The van der Waals surface area contributed by atoms with E-state index >= 15 is 0 Å². The van der Waals surface area contributed by atoms with Gasteiger partial charge in [0, 0.05) is 30.1 Å². The fourth-order valence-electron chi connectivity index (χ4n) is 3.06. The molecule has 1 aromatic carbocycles. The Bertz CT molecular complexity index is 770. The SMILES string of the molecule is COc1cccc(CNC(=O)/C=C/c2cc(C)n(C3CC3)c2C)c1. The largest absolute Gasteiger partial charge is 0.497 e. The van der Waals surface area contributed by atoms with Gasteiger partial charge in [-0.1, -0.05) is 12.1 Å². The Morgan fingerprint density at radius 2 is 2.12 bits per heavy atom. The van der Waals surface area contributed by atoms with Crippen LogP contribution in [0.2, 0.25) is 0 Å². The maximum absolute atomic E-state index is 12.1. The number of aromatic nitrogens is 1. The summed E-state index contributed by atoms with van der Waals surface area (Å²) in [6.45, 7) is 4.74. The van der Waals surface area contributed by atoms with E-state index in [4.69, 9.17) is 4.74 Å². The van der Waals surface area contributed by atoms with Gasteiger partial charge in [0.1, 0.15) is 5.75 Å². The van der Waals surface area contributed by atoms with Crippen molar-refractivity contribution in [1.82, 2.24) is 9.88 Å². The van der Waals surface area contributed by atoms with Crippen LogP contribution in [-0.2, 0) is 11.3 Å². The van der Waals surface area contributed by atoms with Crippen LogP contribution in [0.4, 0.5) is 0 Å². The average molecular weight is 324 g/mol. The van der Waals surface area contributed by atoms with E-state index < -0.39 is 0 Å². The predicted octanol–water partition coefficient (Wildman–Crippen LogP) is 3.78. The van der Waals surface area contributed by atoms with Crippen molar-refractivity contribution in [2.45, 2.75) is 39.3 Å². The highest BCUT2D eigenvalue weighted by atomic mass is 16.5. The Balaban J connectivity index is 1.60. The summed E-state index contributed by atoms with van der Waals surface area (Å²) in [7, 11) is 1.64. The minimum Gasteiger partial charge on any atom is -0.497 e. The highest BCUT2D eigenvalue weighted by molar-refractivity contribution is 5.91. The third kappa shape index (κ3) is 3.70. The first-order valence-electron chi connectivity index (χ1n) is 8.35. The number of hydrogen-bond donors (Lipinski definition) is 1. The third-order valence-electron chi connectivity index (χ3n) is 4.45. The molecule has 1 N–H and O–H groups in total. The lowest BCUT2D eigenvalue weighted by molar-refractivity contribution is -0.116. The Kier molecular flexibility index (Phi) is 4.74. The van der Waals surface area contributed by atoms with Crippen LogP contribution in [0.15, 0.2) is 36.4 Å². The van der Waals surface area contributed by atoms with Crippen LogP contribution in [0.1, 0.15) is 41.4 Å². The number of carbonyl (C=O) groups is 1. The number of hydrogen-bond acceptors (Lipinski definition) is 2. The Labute approximate surface area is 143 Å². The molecule has 4 nitrogen and oxygen atoms in total. The zero-order valence-corrected chi connectivity index (χ0v) is 14.5. The number of nitrogens with one attached hydrogen (secondary N) is 1. The number of aryl methyl sites for hydroxylation is 1. The fourth-order valence-corrected chi connectivity index (χ4v) is 3.06. The van der Waals surface area contributed by atoms with Crippen molar-refractivity contribution in [1.29, 1.82) is 0 Å². The zero-order valence-electron chi connectivity index (χ0n) is 14.5. The summed E-state index contributed by atoms with van der Waals surface area (Å²) >= 11 is 0. The van der Waals surface area contributed by atoms with Crippen molar-refractivity contribution in [3.63, 3.8) is 0 Å². The van der Waals surface area contributed by atoms with Gasteiger partial charge in [0.25, 0.3) is 0 Å². The molecular formula is C20H24N2O2. The summed E-state index contributed by atoms with van der Waals surface area (Å²) in [6, 6.07) is 10.5. The normalized spacial score (nSPS) is 14.1. The zero-order chi connectivity index (χ0) is 17.1. The number of nitrogens with zero attached hydrogens (tertiary/aromatic N) is 1. The number of rotatable bonds is 6. The topological polar surface area (TPSA) is 43.3 Å². The van der Waals surface area contributed by atoms with Crippen LogP contribution in [0.5, 0.6) is 5.75 Å². The van der Waals surface area contributed by atoms with E-state index in [9.17, 15) is 4.79 Å². The molecule has 126 valence electrons. The Hall–Kier alpha value is -2.49. The number of ether oxygens (including phenoxy) is 1. The molecule has 1 aliphatic carbocycles. The molecule has 1 fully saturated rings. The van der Waals surface area contributed by atoms with Crippen LogP contribution in [0.3, 0.4) is 0 Å². The van der Waals surface area contributed by atoms with Crippen molar-refractivity contribution in [2.24, 2.45) is 0 Å². The molecule has 3 rings (SSSR count). The van der Waals surface area contributed by atoms with Crippen LogP contribution in [0.25, 0.3) is 6.08 Å². The maximum Gasteiger partial charge on any atom is 0.244 e. The Morgan fingerprint density at radius 1 is 1.33 bits per heavy atom. The molecule has 0 atom stereocenters. The van der Waals surface area contributed by atoms with Gasteiger partial charge in [0.05, 0.1) is 7.11 Å². The standard InChI is InChI=1S/C20H24N2O2/c1-14-11-17(15(2)22(14)18-8-9-18)7-10-20(23)21-13-16-5-4-6-19(12-16)24-3/h4-7,10-12,18H,8-9,13H2,1-3H3,(H,21,23)/b10-7+. The minimum absolute atomic E-state index is 0.0888. The van der Waals surface area contributed by atoms with Crippen molar-refractivity contribution in [2.75, 3.05) is 7.11 Å². The maximum atomic E-state index is 12.1. The van der Waals surface area contributed by atoms with Gasteiger partial charge < -0.3 is 14.6 Å². The Morgan fingerprint density at radius 3 is 2.83 bits per heavy atom. The fraction of sp³-hybridized carbons (Fsp3) is 0.350. The highest BCUT2D eigenvalue weighted by Gasteiger charge is 2.26. The molecule has 0 saturated heterocycles. The van der Waals surface area contributed by atoms with E-state index in [0.29, 0.717) is 12.6 Å². The molecule has 1 saturated carbocycles. The first-order valence-corrected chi connectivity index (χ1v) is 8.35. The lowest BCUT2D eigenvalue weighted by atomic mass is 10.2. The number of benzene rings is 1. The lowest BCUT2D eigenvalue weighted by Gasteiger charge is -2.06. The van der Waals surface area contributed by atoms with Crippen LogP contribution in [-0.4, -0.2) is 17.6 Å². The molecule has 0 bridgehead atoms. The molecular weight excluding hydrogens is 300 g/mol. The molecule has 1 amide bonds. The van der Waals surface area contributed by atoms with Gasteiger partial charge in [-0.25, -0.2) is 0 Å². The van der Waals surface area contributed by atoms with Crippen molar-refractivity contribution < 1.29 is 9.53 Å². The molecule has 0 aliphatic heterocycles. The molecule has 1 aromatic heterocycles. The van der Waals surface area contributed by atoms with E-state index in [1.165, 1.54) is 24.2 Å². The average Bonchev–Trinajstić information content (AvgIpc) is 3.37. The molecule has 0 radical (unpaired) electrons. The van der Waals surface area contributed by atoms with Gasteiger partial charge in [-0.2, -0.15) is 0 Å². The smallest absolute Gasteiger partial charge is 0.244 e. The van der Waals surface area contributed by atoms with Gasteiger partial charge >= 0.3 is 0 Å². The van der Waals surface area contributed by atoms with Gasteiger partial charge in [0.15, 0.2) is 0 Å². The van der Waals surface area contributed by atoms with Gasteiger partial charge in [-0.05, 0) is 62.1 Å². The predicted molar refractivity (Wildman–Crippen MR) is 96.1 cm³/mol. The van der Waals surface area contributed by atoms with Crippen molar-refractivity contribution in [3.05, 3.63) is 58.9 Å². The number of amides is 1. The third-order valence-corrected chi connectivity index (χ3v) is 4.45. The van der Waals surface area contributed by atoms with Crippen LogP contribution >= 0.6 is 0 Å². The first kappa shape index (κ1) is 16.4. The summed E-state index contributed by atoms with van der Waals surface area (Å²) in [6.07, 6.45) is 6.04. The second kappa shape index (κ2) is 6.95. The summed E-state index contributed by atoms with van der Waals surface area (Å²) in [4.78, 5) is 12.1. The van der Waals surface area contributed by atoms with Crippen molar-refractivity contribution >= 4 is 12.0 Å². The number of carbonyl (C=O) groups excluding carboxylic acids is 1. The molecule has 0 unspecified atom stereocenters. The molecule has 2 aromatic rings. The van der Waals surface area contributed by atoms with Crippen LogP contribution in [0, 0.1) is 13.8 Å². The molecule has 24 heavy (non-hydrogen) atoms. The lowest BCUT2D eigenvalue weighted by Crippen LogP contribution is -2.20. The van der Waals surface area contributed by atoms with Crippen LogP contribution < -0.4 is 10.1 Å². The molecule has 4 heteroatoms. The van der Waals surface area contributed by atoms with Gasteiger partial charge in [-0.15, -0.1) is 0 Å². The summed E-state index contributed by atoms with van der Waals surface area (Å²) in [5.41, 5.74) is 4.65. The second-order valence-electron chi connectivity index (χ2n) is 6.33. The van der Waals surface area contributed by atoms with Gasteiger partial charge in [0.2, 0.25) is 5.91 Å². The van der Waals surface area contributed by atoms with E-state index in [0.717, 1.165) is 16.9 Å². The summed E-state index contributed by atoms with van der Waals surface area (Å²) < 4.78 is 7.57. The van der Waals surface area contributed by atoms with E-state index in [-0.39, 0.29) is 5.91 Å². The second-order valence-corrected chi connectivity index (χ2v) is 6.33. The highest BCUT2D eigenvalue weighted by Crippen LogP contribution is 2.38. The van der Waals surface area contributed by atoms with E-state index in [1.807, 2.05) is 30.3 Å². The van der Waals surface area contributed by atoms with E-state index in [2.05, 4.69) is 29.8 Å². The van der Waals surface area contributed by atoms with Gasteiger partial charge in [-0.3, -0.25) is 4.79 Å². The molecule has 1 heterocycles. The van der Waals surface area contributed by atoms with E-state index in [1.54, 1.807) is 13.2 Å². The molecule has 0 spiro atoms. The van der Waals surface area contributed by atoms with Crippen molar-refractivity contribution in [3.8, 4) is 5.75 Å². The molecule has 1 aliphatic rings. The number of methoxy groups -OCH3 is 1. The quantitative estimate of drug-likeness (QED) is 0.822. The summed E-state index contributed by atoms with van der Waals surface area (Å²) in [5.74, 6) is 0.707. The first-order chi connectivity index (χ1) is 11.6. The monoisotopic (exact) mass is 324 g/mol.